The first-order valence-electron chi connectivity index (χ1n) is 15.2. The number of fused-ring (bicyclic) bond motifs is 2. The summed E-state index contributed by atoms with van der Waals surface area (Å²) >= 11 is 1.49. The van der Waals surface area contributed by atoms with E-state index in [1.165, 1.54) is 23.5 Å². The molecule has 236 valence electrons. The van der Waals surface area contributed by atoms with Crippen molar-refractivity contribution in [3.05, 3.63) is 59.6 Å². The van der Waals surface area contributed by atoms with Crippen LogP contribution in [-0.2, 0) is 16.1 Å². The minimum Gasteiger partial charge on any atom is -0.490 e. The number of anilines is 1. The SMILES string of the molecule is C=CC(=O)N1CCn2nc(-c3nc(N4CCC5(CN(C)C5)C4)c4ccsc4c3-c3c(F)cc(F)cc3OCCOC)cc2C1C. The van der Waals surface area contributed by atoms with Crippen molar-refractivity contribution in [1.29, 1.82) is 0 Å². The van der Waals surface area contributed by atoms with Crippen LogP contribution >= 0.6 is 11.3 Å². The Bertz CT molecular complexity index is 1800. The van der Waals surface area contributed by atoms with Crippen LogP contribution in [-0.4, -0.2) is 90.6 Å². The highest BCUT2D eigenvalue weighted by Crippen LogP contribution is 2.49. The van der Waals surface area contributed by atoms with Crippen molar-refractivity contribution in [2.75, 3.05) is 65.0 Å². The summed E-state index contributed by atoms with van der Waals surface area (Å²) in [6.07, 6.45) is 2.40. The van der Waals surface area contributed by atoms with Gasteiger partial charge in [-0.3, -0.25) is 9.48 Å². The van der Waals surface area contributed by atoms with Crippen molar-refractivity contribution in [2.45, 2.75) is 25.9 Å². The van der Waals surface area contributed by atoms with Gasteiger partial charge in [-0.2, -0.15) is 5.10 Å². The van der Waals surface area contributed by atoms with Crippen LogP contribution in [0.1, 0.15) is 25.1 Å². The highest BCUT2D eigenvalue weighted by atomic mass is 32.1. The van der Waals surface area contributed by atoms with E-state index in [1.54, 1.807) is 12.0 Å². The van der Waals surface area contributed by atoms with Crippen LogP contribution in [0.2, 0.25) is 0 Å². The first kappa shape index (κ1) is 29.8. The van der Waals surface area contributed by atoms with Crippen molar-refractivity contribution in [2.24, 2.45) is 5.41 Å². The Hall–Kier alpha value is -3.87. The number of aromatic nitrogens is 3. The summed E-state index contributed by atoms with van der Waals surface area (Å²) < 4.78 is 44.4. The molecule has 6 heterocycles. The largest absolute Gasteiger partial charge is 0.490 e. The number of carbonyl (C=O) groups excluding carboxylic acids is 1. The fraction of sp³-hybridized carbons (Fsp3) is 0.424. The number of thiophene rings is 1. The van der Waals surface area contributed by atoms with Crippen molar-refractivity contribution in [3.63, 3.8) is 0 Å². The van der Waals surface area contributed by atoms with Gasteiger partial charge in [0.2, 0.25) is 5.91 Å². The van der Waals surface area contributed by atoms with Crippen LogP contribution < -0.4 is 9.64 Å². The molecule has 1 spiro atoms. The second kappa shape index (κ2) is 11.5. The number of ether oxygens (including phenoxy) is 2. The van der Waals surface area contributed by atoms with Crippen LogP contribution in [0.5, 0.6) is 5.75 Å². The average molecular weight is 635 g/mol. The molecule has 0 radical (unpaired) electrons. The van der Waals surface area contributed by atoms with Crippen LogP contribution in [0.25, 0.3) is 32.6 Å². The normalized spacial score (nSPS) is 19.3. The number of pyridine rings is 1. The molecule has 45 heavy (non-hydrogen) atoms. The van der Waals surface area contributed by atoms with E-state index in [1.807, 2.05) is 29.1 Å². The molecule has 0 bridgehead atoms. The molecule has 2 saturated heterocycles. The minimum absolute atomic E-state index is 0.0766. The van der Waals surface area contributed by atoms with E-state index in [9.17, 15) is 9.18 Å². The molecule has 12 heteroatoms. The molecular formula is C33H36F2N6O3S. The molecule has 3 aliphatic rings. The fourth-order valence-corrected chi connectivity index (χ4v) is 8.26. The summed E-state index contributed by atoms with van der Waals surface area (Å²) in [5.41, 5.74) is 2.78. The number of nitrogens with zero attached hydrogens (tertiary/aromatic N) is 6. The van der Waals surface area contributed by atoms with Gasteiger partial charge in [0.05, 0.1) is 30.5 Å². The number of amides is 1. The predicted molar refractivity (Wildman–Crippen MR) is 171 cm³/mol. The van der Waals surface area contributed by atoms with Crippen molar-refractivity contribution in [1.82, 2.24) is 24.6 Å². The van der Waals surface area contributed by atoms with Crippen LogP contribution in [0, 0.1) is 17.0 Å². The third-order valence-corrected chi connectivity index (χ3v) is 10.2. The van der Waals surface area contributed by atoms with Crippen molar-refractivity contribution < 1.29 is 23.0 Å². The Morgan fingerprint density at radius 3 is 2.73 bits per heavy atom. The van der Waals surface area contributed by atoms with Crippen LogP contribution in [0.3, 0.4) is 0 Å². The minimum atomic E-state index is -0.745. The number of benzene rings is 1. The van der Waals surface area contributed by atoms with Gasteiger partial charge in [-0.25, -0.2) is 13.8 Å². The third kappa shape index (κ3) is 5.08. The van der Waals surface area contributed by atoms with Gasteiger partial charge >= 0.3 is 0 Å². The Labute approximate surface area is 264 Å². The van der Waals surface area contributed by atoms with Gasteiger partial charge in [0.15, 0.2) is 0 Å². The lowest BCUT2D eigenvalue weighted by Crippen LogP contribution is -2.55. The molecule has 1 atom stereocenters. The Balaban J connectivity index is 1.43. The number of methoxy groups -OCH3 is 1. The number of halogens is 2. The van der Waals surface area contributed by atoms with E-state index in [-0.39, 0.29) is 41.9 Å². The second-order valence-corrected chi connectivity index (χ2v) is 13.3. The first-order valence-corrected chi connectivity index (χ1v) is 16.1. The average Bonchev–Trinajstić information content (AvgIpc) is 3.76. The fourth-order valence-electron chi connectivity index (χ4n) is 7.32. The van der Waals surface area contributed by atoms with E-state index in [0.29, 0.717) is 30.0 Å². The highest BCUT2D eigenvalue weighted by molar-refractivity contribution is 7.18. The first-order chi connectivity index (χ1) is 21.7. The van der Waals surface area contributed by atoms with Gasteiger partial charge in [0.1, 0.15) is 41.2 Å². The summed E-state index contributed by atoms with van der Waals surface area (Å²) in [6, 6.07) is 5.80. The summed E-state index contributed by atoms with van der Waals surface area (Å²) in [5, 5.41) is 7.86. The number of rotatable bonds is 8. The molecule has 2 fully saturated rings. The van der Waals surface area contributed by atoms with E-state index in [0.717, 1.165) is 60.3 Å². The lowest BCUT2D eigenvalue weighted by atomic mass is 9.79. The predicted octanol–water partition coefficient (Wildman–Crippen LogP) is 5.36. The van der Waals surface area contributed by atoms with Crippen LogP contribution in [0.15, 0.2) is 42.3 Å². The van der Waals surface area contributed by atoms with Gasteiger partial charge in [-0.1, -0.05) is 6.58 Å². The zero-order valence-corrected chi connectivity index (χ0v) is 26.5. The summed E-state index contributed by atoms with van der Waals surface area (Å²) in [6.45, 7) is 10.8. The van der Waals surface area contributed by atoms with Crippen molar-refractivity contribution in [3.8, 4) is 28.3 Å². The summed E-state index contributed by atoms with van der Waals surface area (Å²) in [7, 11) is 3.69. The number of hydrogen-bond donors (Lipinski definition) is 0. The maximum absolute atomic E-state index is 16.0. The monoisotopic (exact) mass is 634 g/mol. The molecule has 1 unspecified atom stereocenters. The lowest BCUT2D eigenvalue weighted by molar-refractivity contribution is -0.129. The maximum atomic E-state index is 16.0. The molecule has 9 nitrogen and oxygen atoms in total. The van der Waals surface area contributed by atoms with E-state index in [4.69, 9.17) is 19.6 Å². The van der Waals surface area contributed by atoms with Gasteiger partial charge < -0.3 is 24.2 Å². The van der Waals surface area contributed by atoms with E-state index >= 15 is 4.39 Å². The number of carbonyl (C=O) groups is 1. The Morgan fingerprint density at radius 1 is 1.16 bits per heavy atom. The molecule has 7 rings (SSSR count). The van der Waals surface area contributed by atoms with Gasteiger partial charge in [-0.05, 0) is 44.0 Å². The third-order valence-electron chi connectivity index (χ3n) is 9.31. The number of likely N-dealkylation sites (tertiary alicyclic amines) is 1. The number of hydrogen-bond acceptors (Lipinski definition) is 8. The van der Waals surface area contributed by atoms with E-state index in [2.05, 4.69) is 23.4 Å². The smallest absolute Gasteiger partial charge is 0.246 e. The van der Waals surface area contributed by atoms with E-state index < -0.39 is 11.6 Å². The topological polar surface area (TPSA) is 76.0 Å². The van der Waals surface area contributed by atoms with Gasteiger partial charge in [0.25, 0.3) is 0 Å². The molecule has 0 aliphatic carbocycles. The van der Waals surface area contributed by atoms with Crippen molar-refractivity contribution >= 4 is 33.1 Å². The zero-order valence-electron chi connectivity index (χ0n) is 25.7. The van der Waals surface area contributed by atoms with Crippen LogP contribution in [0.4, 0.5) is 14.6 Å². The van der Waals surface area contributed by atoms with Gasteiger partial charge in [-0.15, -0.1) is 11.3 Å². The Kier molecular flexibility index (Phi) is 7.61. The molecule has 3 aliphatic heterocycles. The molecule has 1 amide bonds. The second-order valence-electron chi connectivity index (χ2n) is 12.4. The molecule has 0 saturated carbocycles. The molecule has 0 N–H and O–H groups in total. The quantitative estimate of drug-likeness (QED) is 0.191. The highest BCUT2D eigenvalue weighted by Gasteiger charge is 2.47. The lowest BCUT2D eigenvalue weighted by Gasteiger charge is -2.46. The molecular weight excluding hydrogens is 598 g/mol. The maximum Gasteiger partial charge on any atom is 0.246 e. The Morgan fingerprint density at radius 2 is 1.98 bits per heavy atom. The summed E-state index contributed by atoms with van der Waals surface area (Å²) in [5.74, 6) is -0.710. The molecule has 1 aromatic carbocycles. The molecule has 4 aromatic rings. The van der Waals surface area contributed by atoms with Gasteiger partial charge in [0, 0.05) is 73.0 Å². The zero-order chi connectivity index (χ0) is 31.5. The molecule has 3 aromatic heterocycles. The standard InChI is InChI=1S/C33H36F2N6O3S/c1-5-27(42)40-9-10-41-25(20(40)2)16-24(37-41)30-29(28-23(35)14-21(34)15-26(28)44-12-11-43-4)31-22(6-13-45-31)32(36-30)39-8-7-33(19-39)17-38(3)18-33/h5-6,13-16,20H,1,7-12,17-19H2,2-4H3. The summed E-state index contributed by atoms with van der Waals surface area (Å²) in [4.78, 5) is 24.3.